The van der Waals surface area contributed by atoms with Gasteiger partial charge in [-0.15, -0.1) is 0 Å². The molecule has 1 unspecified atom stereocenters. The summed E-state index contributed by atoms with van der Waals surface area (Å²) in [6, 6.07) is 13.9. The number of nitrogens with zero attached hydrogens (tertiary/aromatic N) is 2. The quantitative estimate of drug-likeness (QED) is 0.526. The molecule has 0 aromatic heterocycles. The number of rotatable bonds is 8. The first-order valence-corrected chi connectivity index (χ1v) is 9.76. The molecule has 156 valence electrons. The summed E-state index contributed by atoms with van der Waals surface area (Å²) in [5.41, 5.74) is 8.27. The Morgan fingerprint density at radius 2 is 1.93 bits per heavy atom. The van der Waals surface area contributed by atoms with Crippen molar-refractivity contribution < 1.29 is 14.2 Å². The molecule has 0 saturated carbocycles. The van der Waals surface area contributed by atoms with E-state index in [-0.39, 0.29) is 0 Å². The van der Waals surface area contributed by atoms with Crippen molar-refractivity contribution in [2.24, 2.45) is 16.6 Å². The van der Waals surface area contributed by atoms with Gasteiger partial charge in [-0.2, -0.15) is 0 Å². The van der Waals surface area contributed by atoms with Gasteiger partial charge in [-0.1, -0.05) is 12.1 Å². The van der Waals surface area contributed by atoms with Crippen LogP contribution in [0.4, 0.5) is 5.69 Å². The molecular weight excluding hydrogens is 368 g/mol. The van der Waals surface area contributed by atoms with E-state index in [4.69, 9.17) is 19.9 Å². The highest BCUT2D eigenvalue weighted by Gasteiger charge is 2.22. The van der Waals surface area contributed by atoms with Crippen LogP contribution in [0.5, 0.6) is 17.2 Å². The Morgan fingerprint density at radius 1 is 1.10 bits per heavy atom. The van der Waals surface area contributed by atoms with Crippen LogP contribution in [0.1, 0.15) is 12.0 Å². The van der Waals surface area contributed by atoms with Crippen molar-refractivity contribution in [2.45, 2.75) is 13.0 Å². The van der Waals surface area contributed by atoms with Gasteiger partial charge in [0.25, 0.3) is 0 Å². The summed E-state index contributed by atoms with van der Waals surface area (Å²) in [6.07, 6.45) is 1.12. The van der Waals surface area contributed by atoms with E-state index in [1.54, 1.807) is 21.3 Å². The van der Waals surface area contributed by atoms with Crippen LogP contribution in [0, 0.1) is 5.92 Å². The number of anilines is 1. The van der Waals surface area contributed by atoms with Crippen molar-refractivity contribution in [3.63, 3.8) is 0 Å². The van der Waals surface area contributed by atoms with E-state index in [0.717, 1.165) is 37.4 Å². The van der Waals surface area contributed by atoms with Crippen LogP contribution in [0.3, 0.4) is 0 Å². The number of ether oxygens (including phenoxy) is 3. The summed E-state index contributed by atoms with van der Waals surface area (Å²) in [4.78, 5) is 6.82. The highest BCUT2D eigenvalue weighted by atomic mass is 16.5. The van der Waals surface area contributed by atoms with Crippen molar-refractivity contribution in [1.82, 2.24) is 5.32 Å². The second kappa shape index (κ2) is 9.91. The lowest BCUT2D eigenvalue weighted by Gasteiger charge is -2.19. The Morgan fingerprint density at radius 3 is 2.69 bits per heavy atom. The zero-order valence-corrected chi connectivity index (χ0v) is 17.4. The van der Waals surface area contributed by atoms with Crippen LogP contribution >= 0.6 is 0 Å². The number of nitrogens with one attached hydrogen (secondary N) is 1. The summed E-state index contributed by atoms with van der Waals surface area (Å²) < 4.78 is 15.9. The van der Waals surface area contributed by atoms with E-state index in [9.17, 15) is 0 Å². The normalized spacial score (nSPS) is 16.6. The highest BCUT2D eigenvalue weighted by Crippen LogP contribution is 2.28. The molecule has 29 heavy (non-hydrogen) atoms. The predicted octanol–water partition coefficient (Wildman–Crippen LogP) is 2.64. The SMILES string of the molecule is COc1cccc(N2CCC(CNC(N)=NCc3ccc(OC)c(OC)c3)C2)c1. The van der Waals surface area contributed by atoms with Crippen LogP contribution in [0.15, 0.2) is 47.5 Å². The Labute approximate surface area is 172 Å². The van der Waals surface area contributed by atoms with Gasteiger partial charge in [-0.05, 0) is 42.2 Å². The maximum absolute atomic E-state index is 6.06. The van der Waals surface area contributed by atoms with Gasteiger partial charge in [0.1, 0.15) is 5.75 Å². The molecule has 2 aromatic rings. The second-order valence-corrected chi connectivity index (χ2v) is 7.07. The van der Waals surface area contributed by atoms with Crippen molar-refractivity contribution in [2.75, 3.05) is 45.9 Å². The minimum absolute atomic E-state index is 0.458. The van der Waals surface area contributed by atoms with E-state index < -0.39 is 0 Å². The third kappa shape index (κ3) is 5.47. The van der Waals surface area contributed by atoms with E-state index in [2.05, 4.69) is 27.3 Å². The topological polar surface area (TPSA) is 81.3 Å². The molecule has 3 rings (SSSR count). The van der Waals surface area contributed by atoms with Crippen LogP contribution in [0.2, 0.25) is 0 Å². The molecule has 1 aliphatic rings. The zero-order valence-electron chi connectivity index (χ0n) is 17.4. The molecule has 1 aliphatic heterocycles. The van der Waals surface area contributed by atoms with Crippen molar-refractivity contribution in [3.8, 4) is 17.2 Å². The van der Waals surface area contributed by atoms with Gasteiger partial charge in [0.05, 0.1) is 27.9 Å². The Kier molecular flexibility index (Phi) is 7.05. The van der Waals surface area contributed by atoms with Crippen molar-refractivity contribution in [1.29, 1.82) is 0 Å². The Hall–Kier alpha value is -3.09. The minimum atomic E-state index is 0.458. The third-order valence-corrected chi connectivity index (χ3v) is 5.16. The first-order valence-electron chi connectivity index (χ1n) is 9.76. The summed E-state index contributed by atoms with van der Waals surface area (Å²) in [5.74, 6) is 3.26. The molecule has 0 aliphatic carbocycles. The van der Waals surface area contributed by atoms with Gasteiger partial charge < -0.3 is 30.2 Å². The summed E-state index contributed by atoms with van der Waals surface area (Å²) in [6.45, 7) is 3.31. The molecule has 3 N–H and O–H groups in total. The van der Waals surface area contributed by atoms with Crippen LogP contribution in [0.25, 0.3) is 0 Å². The highest BCUT2D eigenvalue weighted by molar-refractivity contribution is 5.77. The van der Waals surface area contributed by atoms with Gasteiger partial charge in [-0.3, -0.25) is 0 Å². The molecular formula is C22H30N4O3. The van der Waals surface area contributed by atoms with Gasteiger partial charge >= 0.3 is 0 Å². The van der Waals surface area contributed by atoms with Gasteiger partial charge in [0.2, 0.25) is 0 Å². The molecule has 0 spiro atoms. The lowest BCUT2D eigenvalue weighted by Crippen LogP contribution is -2.36. The molecule has 1 fully saturated rings. The Balaban J connectivity index is 1.48. The molecule has 0 bridgehead atoms. The standard InChI is InChI=1S/C22H30N4O3/c1-27-19-6-4-5-18(12-19)26-10-9-17(15-26)14-25-22(23)24-13-16-7-8-20(28-2)21(11-16)29-3/h4-8,11-12,17H,9-10,13-15H2,1-3H3,(H3,23,24,25). The third-order valence-electron chi connectivity index (χ3n) is 5.16. The first kappa shape index (κ1) is 20.6. The minimum Gasteiger partial charge on any atom is -0.497 e. The van der Waals surface area contributed by atoms with E-state index in [1.165, 1.54) is 5.69 Å². The predicted molar refractivity (Wildman–Crippen MR) is 116 cm³/mol. The molecule has 7 nitrogen and oxygen atoms in total. The lowest BCUT2D eigenvalue weighted by atomic mass is 10.1. The second-order valence-electron chi connectivity index (χ2n) is 7.07. The van der Waals surface area contributed by atoms with Gasteiger partial charge in [0, 0.05) is 31.4 Å². The molecule has 0 amide bonds. The molecule has 2 aromatic carbocycles. The zero-order chi connectivity index (χ0) is 20.6. The average Bonchev–Trinajstić information content (AvgIpc) is 3.25. The van der Waals surface area contributed by atoms with Crippen molar-refractivity contribution >= 4 is 11.6 Å². The van der Waals surface area contributed by atoms with E-state index in [1.807, 2.05) is 30.3 Å². The maximum atomic E-state index is 6.06. The fraction of sp³-hybridized carbons (Fsp3) is 0.409. The molecule has 7 heteroatoms. The van der Waals surface area contributed by atoms with E-state index in [0.29, 0.717) is 29.9 Å². The summed E-state index contributed by atoms with van der Waals surface area (Å²) in [7, 11) is 4.94. The number of hydrogen-bond acceptors (Lipinski definition) is 5. The summed E-state index contributed by atoms with van der Waals surface area (Å²) in [5, 5.41) is 3.26. The number of methoxy groups -OCH3 is 3. The molecule has 1 atom stereocenters. The largest absolute Gasteiger partial charge is 0.497 e. The molecule has 1 saturated heterocycles. The van der Waals surface area contributed by atoms with Crippen molar-refractivity contribution in [3.05, 3.63) is 48.0 Å². The number of aliphatic imine (C=N–C) groups is 1. The summed E-state index contributed by atoms with van der Waals surface area (Å²) >= 11 is 0. The maximum Gasteiger partial charge on any atom is 0.188 e. The fourth-order valence-electron chi connectivity index (χ4n) is 3.50. The van der Waals surface area contributed by atoms with E-state index >= 15 is 0 Å². The fourth-order valence-corrected chi connectivity index (χ4v) is 3.50. The Bertz CT molecular complexity index is 841. The van der Waals surface area contributed by atoms with Crippen LogP contribution < -0.4 is 30.2 Å². The molecule has 0 radical (unpaired) electrons. The average molecular weight is 399 g/mol. The van der Waals surface area contributed by atoms with Gasteiger partial charge in [0.15, 0.2) is 17.5 Å². The lowest BCUT2D eigenvalue weighted by molar-refractivity contribution is 0.354. The monoisotopic (exact) mass is 398 g/mol. The van der Waals surface area contributed by atoms with Crippen LogP contribution in [-0.2, 0) is 6.54 Å². The number of guanidine groups is 1. The number of benzene rings is 2. The molecule has 1 heterocycles. The smallest absolute Gasteiger partial charge is 0.188 e. The van der Waals surface area contributed by atoms with Gasteiger partial charge in [-0.25, -0.2) is 4.99 Å². The first-order chi connectivity index (χ1) is 14.1. The number of hydrogen-bond donors (Lipinski definition) is 2. The van der Waals surface area contributed by atoms with Crippen LogP contribution in [-0.4, -0.2) is 46.9 Å². The number of nitrogens with two attached hydrogens (primary N) is 1.